The van der Waals surface area contributed by atoms with E-state index in [1.54, 1.807) is 26.4 Å². The Balaban J connectivity index is 3.27. The Bertz CT molecular complexity index is 491. The standard InChI is InChI=1S/C13H21NO4S/c1-5-14-10(9-19(4,15)16)13-11(17-2)7-6-8-12(13)18-3/h6-8,10,14H,5,9H2,1-4H3. The highest BCUT2D eigenvalue weighted by Gasteiger charge is 2.23. The van der Waals surface area contributed by atoms with E-state index in [-0.39, 0.29) is 11.8 Å². The third-order valence-corrected chi connectivity index (χ3v) is 3.67. The Morgan fingerprint density at radius 3 is 2.11 bits per heavy atom. The molecule has 108 valence electrons. The van der Waals surface area contributed by atoms with Crippen molar-refractivity contribution in [2.75, 3.05) is 32.8 Å². The predicted molar refractivity (Wildman–Crippen MR) is 75.7 cm³/mol. The van der Waals surface area contributed by atoms with Gasteiger partial charge in [0, 0.05) is 6.26 Å². The number of rotatable bonds is 7. The molecular formula is C13H21NO4S. The van der Waals surface area contributed by atoms with Crippen molar-refractivity contribution in [2.24, 2.45) is 0 Å². The van der Waals surface area contributed by atoms with Crippen LogP contribution in [0.25, 0.3) is 0 Å². The molecule has 0 amide bonds. The summed E-state index contributed by atoms with van der Waals surface area (Å²) in [6, 6.07) is 5.05. The molecule has 0 aliphatic rings. The lowest BCUT2D eigenvalue weighted by atomic mass is 10.1. The molecule has 0 aromatic heterocycles. The number of hydrogen-bond donors (Lipinski definition) is 1. The van der Waals surface area contributed by atoms with Gasteiger partial charge in [-0.05, 0) is 18.7 Å². The molecule has 0 heterocycles. The van der Waals surface area contributed by atoms with E-state index in [9.17, 15) is 8.42 Å². The summed E-state index contributed by atoms with van der Waals surface area (Å²) < 4.78 is 33.8. The molecule has 0 aliphatic heterocycles. The quantitative estimate of drug-likeness (QED) is 0.821. The first-order valence-corrected chi connectivity index (χ1v) is 8.11. The molecule has 1 unspecified atom stereocenters. The number of nitrogens with one attached hydrogen (secondary N) is 1. The predicted octanol–water partition coefficient (Wildman–Crippen LogP) is 1.40. The molecule has 0 saturated heterocycles. The van der Waals surface area contributed by atoms with Crippen LogP contribution in [0.2, 0.25) is 0 Å². The molecule has 5 nitrogen and oxygen atoms in total. The SMILES string of the molecule is CCNC(CS(C)(=O)=O)c1c(OC)cccc1OC. The van der Waals surface area contributed by atoms with E-state index < -0.39 is 9.84 Å². The zero-order chi connectivity index (χ0) is 14.5. The average Bonchev–Trinajstić information content (AvgIpc) is 2.35. The minimum Gasteiger partial charge on any atom is -0.496 e. The molecule has 6 heteroatoms. The highest BCUT2D eigenvalue weighted by molar-refractivity contribution is 7.90. The third kappa shape index (κ3) is 4.40. The minimum atomic E-state index is -3.12. The van der Waals surface area contributed by atoms with Crippen molar-refractivity contribution in [1.29, 1.82) is 0 Å². The second kappa shape index (κ2) is 6.77. The largest absolute Gasteiger partial charge is 0.496 e. The van der Waals surface area contributed by atoms with Gasteiger partial charge in [-0.25, -0.2) is 8.42 Å². The van der Waals surface area contributed by atoms with Gasteiger partial charge in [0.25, 0.3) is 0 Å². The first-order chi connectivity index (χ1) is 8.92. The first kappa shape index (κ1) is 15.8. The van der Waals surface area contributed by atoms with Crippen LogP contribution >= 0.6 is 0 Å². The van der Waals surface area contributed by atoms with Gasteiger partial charge in [0.2, 0.25) is 0 Å². The molecule has 0 bridgehead atoms. The summed E-state index contributed by atoms with van der Waals surface area (Å²) in [7, 11) is -0.00272. The van der Waals surface area contributed by atoms with Crippen molar-refractivity contribution in [3.63, 3.8) is 0 Å². The molecule has 1 rings (SSSR count). The van der Waals surface area contributed by atoms with Gasteiger partial charge in [-0.3, -0.25) is 0 Å². The van der Waals surface area contributed by atoms with E-state index >= 15 is 0 Å². The van der Waals surface area contributed by atoms with Gasteiger partial charge < -0.3 is 14.8 Å². The molecule has 1 aromatic rings. The van der Waals surface area contributed by atoms with Crippen molar-refractivity contribution in [3.05, 3.63) is 23.8 Å². The van der Waals surface area contributed by atoms with Crippen LogP contribution in [0.1, 0.15) is 18.5 Å². The van der Waals surface area contributed by atoms with Gasteiger partial charge in [-0.1, -0.05) is 13.0 Å². The van der Waals surface area contributed by atoms with Crippen molar-refractivity contribution in [1.82, 2.24) is 5.32 Å². The van der Waals surface area contributed by atoms with Gasteiger partial charge in [-0.2, -0.15) is 0 Å². The lowest BCUT2D eigenvalue weighted by Gasteiger charge is -2.22. The smallest absolute Gasteiger partial charge is 0.149 e. The molecule has 1 aromatic carbocycles. The van der Waals surface area contributed by atoms with E-state index in [0.29, 0.717) is 18.0 Å². The zero-order valence-electron chi connectivity index (χ0n) is 11.8. The summed E-state index contributed by atoms with van der Waals surface area (Å²) >= 11 is 0. The van der Waals surface area contributed by atoms with Crippen molar-refractivity contribution >= 4 is 9.84 Å². The molecule has 1 N–H and O–H groups in total. The van der Waals surface area contributed by atoms with Crippen LogP contribution in [0.3, 0.4) is 0 Å². The molecule has 0 saturated carbocycles. The summed E-state index contributed by atoms with van der Waals surface area (Å²) in [6.07, 6.45) is 1.22. The fourth-order valence-corrected chi connectivity index (χ4v) is 2.91. The Kier molecular flexibility index (Phi) is 5.62. The summed E-state index contributed by atoms with van der Waals surface area (Å²) in [6.45, 7) is 2.58. The van der Waals surface area contributed by atoms with Gasteiger partial charge in [-0.15, -0.1) is 0 Å². The summed E-state index contributed by atoms with van der Waals surface area (Å²) in [5.41, 5.74) is 0.736. The molecule has 0 radical (unpaired) electrons. The summed E-state index contributed by atoms with van der Waals surface area (Å²) in [5, 5.41) is 3.17. The highest BCUT2D eigenvalue weighted by atomic mass is 32.2. The fourth-order valence-electron chi connectivity index (χ4n) is 2.02. The Hall–Kier alpha value is -1.27. The topological polar surface area (TPSA) is 64.6 Å². The van der Waals surface area contributed by atoms with E-state index in [4.69, 9.17) is 9.47 Å². The monoisotopic (exact) mass is 287 g/mol. The molecule has 0 spiro atoms. The lowest BCUT2D eigenvalue weighted by molar-refractivity contribution is 0.375. The highest BCUT2D eigenvalue weighted by Crippen LogP contribution is 2.34. The molecule has 1 atom stereocenters. The number of benzene rings is 1. The molecular weight excluding hydrogens is 266 g/mol. The minimum absolute atomic E-state index is 0.00241. The Morgan fingerprint density at radius 1 is 1.21 bits per heavy atom. The molecule has 0 fully saturated rings. The number of ether oxygens (including phenoxy) is 2. The fraction of sp³-hybridized carbons (Fsp3) is 0.538. The third-order valence-electron chi connectivity index (χ3n) is 2.73. The number of hydrogen-bond acceptors (Lipinski definition) is 5. The van der Waals surface area contributed by atoms with Crippen LogP contribution in [-0.4, -0.2) is 41.2 Å². The van der Waals surface area contributed by atoms with Crippen LogP contribution in [0.15, 0.2) is 18.2 Å². The van der Waals surface area contributed by atoms with Crippen molar-refractivity contribution in [3.8, 4) is 11.5 Å². The van der Waals surface area contributed by atoms with Crippen molar-refractivity contribution in [2.45, 2.75) is 13.0 Å². The Morgan fingerprint density at radius 2 is 1.74 bits per heavy atom. The second-order valence-electron chi connectivity index (χ2n) is 4.28. The van der Waals surface area contributed by atoms with E-state index in [1.807, 2.05) is 13.0 Å². The van der Waals surface area contributed by atoms with Crippen LogP contribution in [0.5, 0.6) is 11.5 Å². The normalized spacial score (nSPS) is 13.1. The Labute approximate surface area is 114 Å². The van der Waals surface area contributed by atoms with Crippen LogP contribution in [0.4, 0.5) is 0 Å². The molecule has 19 heavy (non-hydrogen) atoms. The number of sulfone groups is 1. The van der Waals surface area contributed by atoms with Crippen LogP contribution in [0, 0.1) is 0 Å². The number of methoxy groups -OCH3 is 2. The van der Waals surface area contributed by atoms with E-state index in [2.05, 4.69) is 5.32 Å². The summed E-state index contributed by atoms with van der Waals surface area (Å²) in [4.78, 5) is 0. The zero-order valence-corrected chi connectivity index (χ0v) is 12.6. The average molecular weight is 287 g/mol. The second-order valence-corrected chi connectivity index (χ2v) is 6.46. The first-order valence-electron chi connectivity index (χ1n) is 6.05. The van der Waals surface area contributed by atoms with Gasteiger partial charge >= 0.3 is 0 Å². The van der Waals surface area contributed by atoms with Gasteiger partial charge in [0.15, 0.2) is 0 Å². The van der Waals surface area contributed by atoms with Crippen molar-refractivity contribution < 1.29 is 17.9 Å². The maximum absolute atomic E-state index is 11.6. The maximum atomic E-state index is 11.6. The van der Waals surface area contributed by atoms with Gasteiger partial charge in [0.05, 0.1) is 31.6 Å². The maximum Gasteiger partial charge on any atom is 0.149 e. The van der Waals surface area contributed by atoms with Crippen LogP contribution in [-0.2, 0) is 9.84 Å². The van der Waals surface area contributed by atoms with E-state index in [0.717, 1.165) is 5.56 Å². The molecule has 0 aliphatic carbocycles. The lowest BCUT2D eigenvalue weighted by Crippen LogP contribution is -2.28. The van der Waals surface area contributed by atoms with Crippen LogP contribution < -0.4 is 14.8 Å². The summed E-state index contributed by atoms with van der Waals surface area (Å²) in [5.74, 6) is 1.24. The van der Waals surface area contributed by atoms with Gasteiger partial charge in [0.1, 0.15) is 21.3 Å². The van der Waals surface area contributed by atoms with E-state index in [1.165, 1.54) is 6.26 Å².